The molecule has 2 N–H and O–H groups in total. The molecule has 0 aliphatic carbocycles. The smallest absolute Gasteiger partial charge is 0.103 e. The van der Waals surface area contributed by atoms with Gasteiger partial charge >= 0.3 is 0 Å². The second-order valence-electron chi connectivity index (χ2n) is 3.37. The molecular formula is C9H18N2O. The molecule has 0 aromatic rings. The lowest BCUT2D eigenvalue weighted by atomic mass is 10.0. The van der Waals surface area contributed by atoms with E-state index in [0.717, 1.165) is 6.42 Å². The molecule has 0 aromatic carbocycles. The first-order valence-corrected chi connectivity index (χ1v) is 4.33. The summed E-state index contributed by atoms with van der Waals surface area (Å²) in [5.74, 6) is 0. The second-order valence-corrected chi connectivity index (χ2v) is 3.37. The van der Waals surface area contributed by atoms with Crippen molar-refractivity contribution in [2.75, 3.05) is 6.61 Å². The number of nitrogens with zero attached hydrogens (tertiary/aromatic N) is 1. The van der Waals surface area contributed by atoms with Crippen LogP contribution in [0.2, 0.25) is 0 Å². The van der Waals surface area contributed by atoms with Crippen LogP contribution in [-0.4, -0.2) is 18.2 Å². The molecule has 0 aliphatic rings. The van der Waals surface area contributed by atoms with Gasteiger partial charge in [0.1, 0.15) is 5.54 Å². The molecule has 0 spiro atoms. The summed E-state index contributed by atoms with van der Waals surface area (Å²) in [6.45, 7) is 6.36. The predicted octanol–water partition coefficient (Wildman–Crippen LogP) is 1.43. The molecule has 70 valence electrons. The van der Waals surface area contributed by atoms with Crippen molar-refractivity contribution in [2.45, 2.75) is 45.3 Å². The van der Waals surface area contributed by atoms with Crippen molar-refractivity contribution in [3.05, 3.63) is 0 Å². The maximum absolute atomic E-state index is 8.59. The van der Waals surface area contributed by atoms with Crippen LogP contribution in [0.15, 0.2) is 0 Å². The van der Waals surface area contributed by atoms with Gasteiger partial charge in [0.2, 0.25) is 0 Å². The van der Waals surface area contributed by atoms with Gasteiger partial charge in [-0.1, -0.05) is 6.92 Å². The van der Waals surface area contributed by atoms with E-state index in [9.17, 15) is 0 Å². The van der Waals surface area contributed by atoms with Gasteiger partial charge in [0.05, 0.1) is 12.2 Å². The number of hydrogen-bond acceptors (Lipinski definition) is 3. The van der Waals surface area contributed by atoms with E-state index in [1.165, 1.54) is 0 Å². The first kappa shape index (κ1) is 11.4. The molecule has 0 radical (unpaired) electrons. The fraction of sp³-hybridized carbons (Fsp3) is 0.889. The topological polar surface area (TPSA) is 59.0 Å². The second kappa shape index (κ2) is 5.13. The van der Waals surface area contributed by atoms with Gasteiger partial charge in [0.25, 0.3) is 0 Å². The Hall–Kier alpha value is -0.590. The summed E-state index contributed by atoms with van der Waals surface area (Å²) in [5.41, 5.74) is 4.86. The molecule has 3 heteroatoms. The third-order valence-corrected chi connectivity index (χ3v) is 1.85. The van der Waals surface area contributed by atoms with Gasteiger partial charge in [-0.2, -0.15) is 5.26 Å². The molecule has 0 aromatic heterocycles. The Bertz CT molecular complexity index is 160. The van der Waals surface area contributed by atoms with Crippen LogP contribution >= 0.6 is 0 Å². The maximum Gasteiger partial charge on any atom is 0.103 e. The van der Waals surface area contributed by atoms with Crippen molar-refractivity contribution in [2.24, 2.45) is 5.73 Å². The summed E-state index contributed by atoms with van der Waals surface area (Å²) in [5, 5.41) is 8.59. The average molecular weight is 170 g/mol. The Morgan fingerprint density at radius 2 is 2.25 bits per heavy atom. The van der Waals surface area contributed by atoms with Crippen LogP contribution in [0.3, 0.4) is 0 Å². The third kappa shape index (κ3) is 5.11. The molecule has 2 unspecified atom stereocenters. The van der Waals surface area contributed by atoms with E-state index in [-0.39, 0.29) is 6.10 Å². The van der Waals surface area contributed by atoms with Crippen LogP contribution in [0.25, 0.3) is 0 Å². The predicted molar refractivity (Wildman–Crippen MR) is 48.5 cm³/mol. The molecule has 2 atom stereocenters. The highest BCUT2D eigenvalue weighted by Crippen LogP contribution is 2.05. The van der Waals surface area contributed by atoms with Crippen LogP contribution in [0.4, 0.5) is 0 Å². The third-order valence-electron chi connectivity index (χ3n) is 1.85. The SMILES string of the molecule is CCC(C)OCCC(C)(N)C#N. The van der Waals surface area contributed by atoms with Crippen LogP contribution in [0.1, 0.15) is 33.6 Å². The van der Waals surface area contributed by atoms with Crippen molar-refractivity contribution in [1.29, 1.82) is 5.26 Å². The monoisotopic (exact) mass is 170 g/mol. The molecule has 0 rings (SSSR count). The zero-order chi connectivity index (χ0) is 9.61. The minimum absolute atomic E-state index is 0.263. The van der Waals surface area contributed by atoms with Gasteiger partial charge < -0.3 is 10.5 Å². The number of ether oxygens (including phenoxy) is 1. The lowest BCUT2D eigenvalue weighted by Gasteiger charge is -2.17. The minimum Gasteiger partial charge on any atom is -0.378 e. The quantitative estimate of drug-likeness (QED) is 0.679. The Labute approximate surface area is 74.5 Å². The van der Waals surface area contributed by atoms with Crippen molar-refractivity contribution < 1.29 is 4.74 Å². The fourth-order valence-corrected chi connectivity index (χ4v) is 0.646. The largest absolute Gasteiger partial charge is 0.378 e. The molecule has 0 fully saturated rings. The van der Waals surface area contributed by atoms with E-state index in [1.807, 2.05) is 13.0 Å². The Morgan fingerprint density at radius 3 is 2.67 bits per heavy atom. The molecule has 0 amide bonds. The van der Waals surface area contributed by atoms with Crippen LogP contribution in [-0.2, 0) is 4.74 Å². The van der Waals surface area contributed by atoms with Crippen molar-refractivity contribution in [3.8, 4) is 6.07 Å². The summed E-state index contributed by atoms with van der Waals surface area (Å²) < 4.78 is 5.40. The number of rotatable bonds is 5. The maximum atomic E-state index is 8.59. The highest BCUT2D eigenvalue weighted by atomic mass is 16.5. The zero-order valence-electron chi connectivity index (χ0n) is 8.13. The normalized spacial score (nSPS) is 17.9. The fourth-order valence-electron chi connectivity index (χ4n) is 0.646. The van der Waals surface area contributed by atoms with E-state index >= 15 is 0 Å². The molecular weight excluding hydrogens is 152 g/mol. The van der Waals surface area contributed by atoms with E-state index in [0.29, 0.717) is 13.0 Å². The lowest BCUT2D eigenvalue weighted by Crippen LogP contribution is -2.35. The number of hydrogen-bond donors (Lipinski definition) is 1. The Morgan fingerprint density at radius 1 is 1.67 bits per heavy atom. The summed E-state index contributed by atoms with van der Waals surface area (Å²) in [6, 6.07) is 2.03. The zero-order valence-corrected chi connectivity index (χ0v) is 8.13. The standard InChI is InChI=1S/C9H18N2O/c1-4-8(2)12-6-5-9(3,11)7-10/h8H,4-6,11H2,1-3H3. The molecule has 0 heterocycles. The van der Waals surface area contributed by atoms with Gasteiger partial charge in [0, 0.05) is 13.0 Å². The lowest BCUT2D eigenvalue weighted by molar-refractivity contribution is 0.0562. The molecule has 3 nitrogen and oxygen atoms in total. The molecule has 0 saturated carbocycles. The van der Waals surface area contributed by atoms with E-state index in [1.54, 1.807) is 6.92 Å². The highest BCUT2D eigenvalue weighted by Gasteiger charge is 2.16. The van der Waals surface area contributed by atoms with Gasteiger partial charge in [-0.15, -0.1) is 0 Å². The van der Waals surface area contributed by atoms with Crippen LogP contribution in [0, 0.1) is 11.3 Å². The molecule has 0 aliphatic heterocycles. The van der Waals surface area contributed by atoms with Crippen LogP contribution in [0.5, 0.6) is 0 Å². The molecule has 0 saturated heterocycles. The van der Waals surface area contributed by atoms with Crippen molar-refractivity contribution >= 4 is 0 Å². The van der Waals surface area contributed by atoms with E-state index < -0.39 is 5.54 Å². The number of nitriles is 1. The summed E-state index contributed by atoms with van der Waals surface area (Å²) in [7, 11) is 0. The minimum atomic E-state index is -0.743. The van der Waals surface area contributed by atoms with Gasteiger partial charge in [0.15, 0.2) is 0 Å². The summed E-state index contributed by atoms with van der Waals surface area (Å²) >= 11 is 0. The van der Waals surface area contributed by atoms with Gasteiger partial charge in [-0.3, -0.25) is 0 Å². The molecule has 0 bridgehead atoms. The molecule has 12 heavy (non-hydrogen) atoms. The van der Waals surface area contributed by atoms with Crippen molar-refractivity contribution in [3.63, 3.8) is 0 Å². The van der Waals surface area contributed by atoms with E-state index in [4.69, 9.17) is 15.7 Å². The summed E-state index contributed by atoms with van der Waals surface area (Å²) in [6.07, 6.45) is 1.85. The van der Waals surface area contributed by atoms with Gasteiger partial charge in [-0.25, -0.2) is 0 Å². The highest BCUT2D eigenvalue weighted by molar-refractivity contribution is 5.00. The Balaban J connectivity index is 3.51. The number of nitrogens with two attached hydrogens (primary N) is 1. The van der Waals surface area contributed by atoms with Gasteiger partial charge in [-0.05, 0) is 20.3 Å². The van der Waals surface area contributed by atoms with Crippen LogP contribution < -0.4 is 5.73 Å². The summed E-state index contributed by atoms with van der Waals surface area (Å²) in [4.78, 5) is 0. The Kier molecular flexibility index (Phi) is 4.87. The average Bonchev–Trinajstić information content (AvgIpc) is 2.04. The van der Waals surface area contributed by atoms with Crippen molar-refractivity contribution in [1.82, 2.24) is 0 Å². The van der Waals surface area contributed by atoms with E-state index in [2.05, 4.69) is 6.92 Å². The first-order chi connectivity index (χ1) is 5.52. The first-order valence-electron chi connectivity index (χ1n) is 4.33.